The fraction of sp³-hybridized carbons (Fsp3) is 0. The summed E-state index contributed by atoms with van der Waals surface area (Å²) in [6.07, 6.45) is 0. The van der Waals surface area contributed by atoms with Gasteiger partial charge in [-0.15, -0.1) is 0 Å². The van der Waals surface area contributed by atoms with Crippen molar-refractivity contribution in [1.82, 2.24) is 29.9 Å². The summed E-state index contributed by atoms with van der Waals surface area (Å²) in [7, 11) is 0. The number of rotatable bonds is 0. The molecule has 36 heavy (non-hydrogen) atoms. The minimum Gasteiger partial charge on any atom is -0.239 e. The van der Waals surface area contributed by atoms with Crippen LogP contribution in [0.3, 0.4) is 0 Å². The SMILES string of the molecule is Fc1ccc(F)c2nc3c(nc12)c1nc2c(F)ccc(F)c2nc1c1nc2c(F)ccc(F)c2nc31. The van der Waals surface area contributed by atoms with E-state index >= 15 is 0 Å². The number of halogens is 6. The summed E-state index contributed by atoms with van der Waals surface area (Å²) in [5.41, 5.74) is -3.95. The fourth-order valence-electron chi connectivity index (χ4n) is 4.21. The second-order valence-electron chi connectivity index (χ2n) is 7.94. The predicted molar refractivity (Wildman–Crippen MR) is 118 cm³/mol. The van der Waals surface area contributed by atoms with E-state index in [-0.39, 0.29) is 33.1 Å². The zero-order valence-electron chi connectivity index (χ0n) is 17.4. The largest absolute Gasteiger partial charge is 0.239 e. The van der Waals surface area contributed by atoms with Crippen molar-refractivity contribution < 1.29 is 26.3 Å². The molecule has 0 unspecified atom stereocenters. The maximum absolute atomic E-state index is 14.5. The fourth-order valence-corrected chi connectivity index (χ4v) is 4.21. The lowest BCUT2D eigenvalue weighted by molar-refractivity contribution is 0.613. The molecule has 0 saturated heterocycles. The van der Waals surface area contributed by atoms with Crippen molar-refractivity contribution in [2.24, 2.45) is 0 Å². The van der Waals surface area contributed by atoms with Crippen LogP contribution >= 0.6 is 0 Å². The minimum absolute atomic E-state index is 0.196. The molecule has 0 spiro atoms. The molecule has 0 saturated carbocycles. The van der Waals surface area contributed by atoms with Gasteiger partial charge in [-0.05, 0) is 36.4 Å². The van der Waals surface area contributed by atoms with Crippen molar-refractivity contribution in [1.29, 1.82) is 0 Å². The molecule has 0 aliphatic carbocycles. The normalized spacial score (nSPS) is 12.2. The molecule has 6 nitrogen and oxygen atoms in total. The Kier molecular flexibility index (Phi) is 3.95. The Morgan fingerprint density at radius 1 is 0.250 bits per heavy atom. The van der Waals surface area contributed by atoms with Crippen molar-refractivity contribution in [2.75, 3.05) is 0 Å². The molecule has 7 aromatic rings. The lowest BCUT2D eigenvalue weighted by Gasteiger charge is -2.11. The van der Waals surface area contributed by atoms with Crippen molar-refractivity contribution in [3.05, 3.63) is 71.3 Å². The van der Waals surface area contributed by atoms with Gasteiger partial charge in [0.05, 0.1) is 0 Å². The van der Waals surface area contributed by atoms with Crippen LogP contribution < -0.4 is 0 Å². The van der Waals surface area contributed by atoms with Gasteiger partial charge in [0.25, 0.3) is 0 Å². The lowest BCUT2D eigenvalue weighted by atomic mass is 10.1. The monoisotopic (exact) mass is 492 g/mol. The third-order valence-electron chi connectivity index (χ3n) is 5.85. The first-order chi connectivity index (χ1) is 17.3. The van der Waals surface area contributed by atoms with Gasteiger partial charge in [-0.1, -0.05) is 0 Å². The summed E-state index contributed by atoms with van der Waals surface area (Å²) in [6.45, 7) is 0. The highest BCUT2D eigenvalue weighted by Crippen LogP contribution is 2.35. The molecule has 0 N–H and O–H groups in total. The third kappa shape index (κ3) is 2.63. The molecule has 3 heterocycles. The first-order valence-electron chi connectivity index (χ1n) is 10.3. The zero-order valence-corrected chi connectivity index (χ0v) is 17.4. The van der Waals surface area contributed by atoms with Crippen LogP contribution in [0.1, 0.15) is 0 Å². The Morgan fingerprint density at radius 2 is 0.389 bits per heavy atom. The van der Waals surface area contributed by atoms with E-state index in [2.05, 4.69) is 29.9 Å². The van der Waals surface area contributed by atoms with Gasteiger partial charge in [0, 0.05) is 0 Å². The van der Waals surface area contributed by atoms with E-state index in [4.69, 9.17) is 0 Å². The van der Waals surface area contributed by atoms with Crippen LogP contribution in [0.2, 0.25) is 0 Å². The highest BCUT2D eigenvalue weighted by atomic mass is 19.1. The molecule has 0 fully saturated rings. The van der Waals surface area contributed by atoms with Crippen LogP contribution in [-0.4, -0.2) is 29.9 Å². The molecule has 0 amide bonds. The van der Waals surface area contributed by atoms with Crippen LogP contribution in [0.25, 0.3) is 66.2 Å². The van der Waals surface area contributed by atoms with Crippen LogP contribution in [-0.2, 0) is 0 Å². The molecule has 4 aromatic carbocycles. The smallest absolute Gasteiger partial charge is 0.151 e. The minimum atomic E-state index is -0.905. The lowest BCUT2D eigenvalue weighted by Crippen LogP contribution is -2.02. The maximum Gasteiger partial charge on any atom is 0.151 e. The van der Waals surface area contributed by atoms with E-state index in [9.17, 15) is 26.3 Å². The van der Waals surface area contributed by atoms with Gasteiger partial charge in [0.1, 0.15) is 66.2 Å². The van der Waals surface area contributed by atoms with Crippen LogP contribution in [0.15, 0.2) is 36.4 Å². The van der Waals surface area contributed by atoms with Gasteiger partial charge < -0.3 is 0 Å². The first kappa shape index (κ1) is 20.6. The van der Waals surface area contributed by atoms with E-state index < -0.39 is 68.0 Å². The van der Waals surface area contributed by atoms with Crippen molar-refractivity contribution >= 4 is 66.2 Å². The van der Waals surface area contributed by atoms with Crippen molar-refractivity contribution in [2.45, 2.75) is 0 Å². The highest BCUT2D eigenvalue weighted by molar-refractivity contribution is 6.21. The first-order valence-corrected chi connectivity index (χ1v) is 10.3. The third-order valence-corrected chi connectivity index (χ3v) is 5.85. The Labute approximate surface area is 194 Å². The van der Waals surface area contributed by atoms with Crippen molar-refractivity contribution in [3.8, 4) is 0 Å². The average molecular weight is 492 g/mol. The van der Waals surface area contributed by atoms with Gasteiger partial charge in [-0.25, -0.2) is 56.2 Å². The zero-order chi connectivity index (χ0) is 24.9. The molecule has 0 radical (unpaired) electrons. The molecule has 0 aliphatic heterocycles. The van der Waals surface area contributed by atoms with E-state index in [1.165, 1.54) is 0 Å². The van der Waals surface area contributed by atoms with E-state index in [1.54, 1.807) is 0 Å². The number of fused-ring (bicyclic) bond motifs is 9. The Balaban J connectivity index is 1.84. The quantitative estimate of drug-likeness (QED) is 0.151. The number of nitrogens with zero attached hydrogens (tertiary/aromatic N) is 6. The van der Waals surface area contributed by atoms with Crippen LogP contribution in [0.4, 0.5) is 26.3 Å². The van der Waals surface area contributed by atoms with Gasteiger partial charge in [0.2, 0.25) is 0 Å². The molecule has 0 bridgehead atoms. The van der Waals surface area contributed by atoms with Gasteiger partial charge in [0.15, 0.2) is 34.9 Å². The summed E-state index contributed by atoms with van der Waals surface area (Å²) in [4.78, 5) is 25.0. The summed E-state index contributed by atoms with van der Waals surface area (Å²) >= 11 is 0. The summed E-state index contributed by atoms with van der Waals surface area (Å²) < 4.78 is 87.3. The van der Waals surface area contributed by atoms with Gasteiger partial charge in [-0.2, -0.15) is 0 Å². The van der Waals surface area contributed by atoms with E-state index in [0.717, 1.165) is 36.4 Å². The molecule has 3 aromatic heterocycles. The second kappa shape index (κ2) is 6.90. The van der Waals surface area contributed by atoms with Gasteiger partial charge >= 0.3 is 0 Å². The Hall–Kier alpha value is -4.74. The van der Waals surface area contributed by atoms with E-state index in [0.29, 0.717) is 0 Å². The molecule has 0 atom stereocenters. The standard InChI is InChI=1S/C24H6F6N6/c25-7-1-2-8(26)14-13(7)31-19-20(32-14)22-24(36-18-12(30)6-5-11(29)17(18)34-22)23-21(19)33-15-9(27)3-4-10(28)16(15)35-23/h1-6H. The highest BCUT2D eigenvalue weighted by Gasteiger charge is 2.23. The van der Waals surface area contributed by atoms with Crippen LogP contribution in [0.5, 0.6) is 0 Å². The van der Waals surface area contributed by atoms with Crippen molar-refractivity contribution in [3.63, 3.8) is 0 Å². The number of hydrogen-bond donors (Lipinski definition) is 0. The topological polar surface area (TPSA) is 77.3 Å². The number of benzene rings is 4. The number of aromatic nitrogens is 6. The molecule has 174 valence electrons. The number of hydrogen-bond acceptors (Lipinski definition) is 6. The van der Waals surface area contributed by atoms with Crippen LogP contribution in [0, 0.1) is 34.9 Å². The maximum atomic E-state index is 14.5. The molecular weight excluding hydrogens is 486 g/mol. The molecule has 7 rings (SSSR count). The summed E-state index contributed by atoms with van der Waals surface area (Å²) in [5.74, 6) is -5.43. The van der Waals surface area contributed by atoms with Gasteiger partial charge in [-0.3, -0.25) is 0 Å². The molecular formula is C24H6F6N6. The second-order valence-corrected chi connectivity index (χ2v) is 7.94. The van der Waals surface area contributed by atoms with E-state index in [1.807, 2.05) is 0 Å². The molecule has 0 aliphatic rings. The Bertz CT molecular complexity index is 1710. The Morgan fingerprint density at radius 3 is 0.528 bits per heavy atom. The predicted octanol–water partition coefficient (Wildman–Crippen LogP) is 5.81. The summed E-state index contributed by atoms with van der Waals surface area (Å²) in [5, 5.41) is 0. The summed E-state index contributed by atoms with van der Waals surface area (Å²) in [6, 6.07) is 5.10. The molecule has 12 heteroatoms. The average Bonchev–Trinajstić information content (AvgIpc) is 2.89.